The maximum absolute atomic E-state index is 11.1. The molecule has 4 rings (SSSR count). The Hall–Kier alpha value is -3.19. The number of hydrogen-bond acceptors (Lipinski definition) is 3. The number of rotatable bonds is 4. The van der Waals surface area contributed by atoms with E-state index in [9.17, 15) is 10.1 Å². The largest absolute Gasteiger partial charge is 0.348 e. The van der Waals surface area contributed by atoms with Gasteiger partial charge in [-0.25, -0.2) is 0 Å². The van der Waals surface area contributed by atoms with E-state index in [0.29, 0.717) is 5.11 Å². The van der Waals surface area contributed by atoms with Crippen molar-refractivity contribution in [2.75, 3.05) is 11.9 Å². The molecule has 1 aliphatic heterocycles. The minimum Gasteiger partial charge on any atom is -0.348 e. The highest BCUT2D eigenvalue weighted by Crippen LogP contribution is 2.34. The van der Waals surface area contributed by atoms with Crippen molar-refractivity contribution in [3.63, 3.8) is 0 Å². The zero-order chi connectivity index (χ0) is 21.3. The van der Waals surface area contributed by atoms with Gasteiger partial charge in [-0.1, -0.05) is 25.1 Å². The van der Waals surface area contributed by atoms with Crippen LogP contribution in [0.15, 0.2) is 60.8 Å². The predicted molar refractivity (Wildman–Crippen MR) is 123 cm³/mol. The summed E-state index contributed by atoms with van der Waals surface area (Å²) in [5.74, 6) is 0. The molecule has 30 heavy (non-hydrogen) atoms. The summed E-state index contributed by atoms with van der Waals surface area (Å²) in [4.78, 5) is 12.9. The number of nitrogens with one attached hydrogen (secondary N) is 1. The standard InChI is InChI=1S/C23H24N4O2S/c1-3-17-7-4-6-16(2)21(17)24-23(30)26-15-14-25-13-5-8-20(25)22(26)18-9-11-19(12-10-18)27(28)29/h4-13,22H,3,14-15H2,1-2H3,(H,24,30)/t22-/m1/s1. The molecule has 7 heteroatoms. The van der Waals surface area contributed by atoms with Crippen molar-refractivity contribution in [2.45, 2.75) is 32.9 Å². The first-order valence-electron chi connectivity index (χ1n) is 10.0. The van der Waals surface area contributed by atoms with Crippen molar-refractivity contribution in [1.29, 1.82) is 0 Å². The van der Waals surface area contributed by atoms with Crippen molar-refractivity contribution in [3.05, 3.63) is 93.3 Å². The minimum absolute atomic E-state index is 0.0877. The van der Waals surface area contributed by atoms with Crippen LogP contribution < -0.4 is 5.32 Å². The molecule has 0 aliphatic carbocycles. The predicted octanol–water partition coefficient (Wildman–Crippen LogP) is 5.07. The topological polar surface area (TPSA) is 63.3 Å². The Bertz CT molecular complexity index is 1090. The van der Waals surface area contributed by atoms with E-state index in [4.69, 9.17) is 12.2 Å². The second-order valence-electron chi connectivity index (χ2n) is 7.46. The summed E-state index contributed by atoms with van der Waals surface area (Å²) < 4.78 is 2.22. The molecule has 2 heterocycles. The fourth-order valence-corrected chi connectivity index (χ4v) is 4.41. The molecule has 2 aromatic carbocycles. The highest BCUT2D eigenvalue weighted by atomic mass is 32.1. The summed E-state index contributed by atoms with van der Waals surface area (Å²) in [5.41, 5.74) is 5.64. The molecule has 1 atom stereocenters. The minimum atomic E-state index is -0.373. The Labute approximate surface area is 181 Å². The molecule has 6 nitrogen and oxygen atoms in total. The van der Waals surface area contributed by atoms with E-state index in [1.54, 1.807) is 12.1 Å². The Balaban J connectivity index is 1.69. The number of non-ortho nitro benzene ring substituents is 1. The molecule has 0 saturated carbocycles. The number of nitro groups is 1. The van der Waals surface area contributed by atoms with E-state index in [1.807, 2.05) is 18.2 Å². The fraction of sp³-hybridized carbons (Fsp3) is 0.261. The summed E-state index contributed by atoms with van der Waals surface area (Å²) in [6, 6.07) is 17.0. The van der Waals surface area contributed by atoms with Gasteiger partial charge in [-0.05, 0) is 66.5 Å². The second-order valence-corrected chi connectivity index (χ2v) is 7.85. The highest BCUT2D eigenvalue weighted by molar-refractivity contribution is 7.80. The van der Waals surface area contributed by atoms with Gasteiger partial charge in [0.25, 0.3) is 5.69 Å². The molecule has 0 amide bonds. The van der Waals surface area contributed by atoms with E-state index in [2.05, 4.69) is 59.1 Å². The Kier molecular flexibility index (Phi) is 5.55. The smallest absolute Gasteiger partial charge is 0.269 e. The van der Waals surface area contributed by atoms with Gasteiger partial charge in [0.2, 0.25) is 0 Å². The molecule has 0 saturated heterocycles. The lowest BCUT2D eigenvalue weighted by Gasteiger charge is -2.39. The average molecular weight is 421 g/mol. The molecule has 154 valence electrons. The van der Waals surface area contributed by atoms with Crippen LogP contribution in [0.1, 0.15) is 35.3 Å². The van der Waals surface area contributed by atoms with Crippen molar-refractivity contribution in [3.8, 4) is 0 Å². The van der Waals surface area contributed by atoms with Crippen LogP contribution in [0.2, 0.25) is 0 Å². The van der Waals surface area contributed by atoms with Gasteiger partial charge in [0, 0.05) is 42.8 Å². The first kappa shape index (κ1) is 20.1. The number of benzene rings is 2. The van der Waals surface area contributed by atoms with Crippen molar-refractivity contribution >= 4 is 28.7 Å². The third-order valence-electron chi connectivity index (χ3n) is 5.69. The van der Waals surface area contributed by atoms with Crippen molar-refractivity contribution < 1.29 is 4.92 Å². The number of thiocarbonyl (C=S) groups is 1. The van der Waals surface area contributed by atoms with Gasteiger partial charge >= 0.3 is 0 Å². The maximum atomic E-state index is 11.1. The Morgan fingerprint density at radius 2 is 1.93 bits per heavy atom. The van der Waals surface area contributed by atoms with Gasteiger partial charge < -0.3 is 14.8 Å². The zero-order valence-electron chi connectivity index (χ0n) is 17.0. The van der Waals surface area contributed by atoms with Crippen LogP contribution in [0.3, 0.4) is 0 Å². The SMILES string of the molecule is CCc1cccc(C)c1NC(=S)N1CCn2cccc2[C@H]1c1ccc([N+](=O)[O-])cc1. The van der Waals surface area contributed by atoms with Gasteiger partial charge in [0.1, 0.15) is 0 Å². The lowest BCUT2D eigenvalue weighted by atomic mass is 10.00. The molecular formula is C23H24N4O2S. The molecule has 3 aromatic rings. The average Bonchev–Trinajstić information content (AvgIpc) is 3.23. The van der Waals surface area contributed by atoms with Gasteiger partial charge in [0.05, 0.1) is 11.0 Å². The number of hydrogen-bond donors (Lipinski definition) is 1. The third-order valence-corrected chi connectivity index (χ3v) is 6.03. The molecular weight excluding hydrogens is 396 g/mol. The molecule has 0 bridgehead atoms. The van der Waals surface area contributed by atoms with Crippen LogP contribution in [-0.4, -0.2) is 26.0 Å². The van der Waals surface area contributed by atoms with Gasteiger partial charge in [0.15, 0.2) is 5.11 Å². The number of nitrogens with zero attached hydrogens (tertiary/aromatic N) is 3. The molecule has 0 unspecified atom stereocenters. The summed E-state index contributed by atoms with van der Waals surface area (Å²) in [6.07, 6.45) is 2.99. The number of nitro benzene ring substituents is 1. The summed E-state index contributed by atoms with van der Waals surface area (Å²) in [6.45, 7) is 5.81. The zero-order valence-corrected chi connectivity index (χ0v) is 17.9. The molecule has 1 N–H and O–H groups in total. The van der Waals surface area contributed by atoms with Crippen molar-refractivity contribution in [2.24, 2.45) is 0 Å². The quantitative estimate of drug-likeness (QED) is 0.363. The van der Waals surface area contributed by atoms with Gasteiger partial charge in [-0.2, -0.15) is 0 Å². The number of aromatic nitrogens is 1. The monoisotopic (exact) mass is 420 g/mol. The van der Waals surface area contributed by atoms with E-state index >= 15 is 0 Å². The molecule has 0 fully saturated rings. The normalized spacial score (nSPS) is 15.5. The summed E-state index contributed by atoms with van der Waals surface area (Å²) in [5, 5.41) is 15.2. The van der Waals surface area contributed by atoms with E-state index in [0.717, 1.165) is 42.0 Å². The molecule has 1 aliphatic rings. The molecule has 0 radical (unpaired) electrons. The number of para-hydroxylation sites is 1. The Morgan fingerprint density at radius 3 is 2.63 bits per heavy atom. The summed E-state index contributed by atoms with van der Waals surface area (Å²) in [7, 11) is 0. The van der Waals surface area contributed by atoms with Crippen LogP contribution in [0, 0.1) is 17.0 Å². The molecule has 1 aromatic heterocycles. The van der Waals surface area contributed by atoms with E-state index in [-0.39, 0.29) is 16.7 Å². The number of fused-ring (bicyclic) bond motifs is 1. The van der Waals surface area contributed by atoms with Crippen molar-refractivity contribution in [1.82, 2.24) is 9.47 Å². The van der Waals surface area contributed by atoms with Crippen LogP contribution >= 0.6 is 12.2 Å². The Morgan fingerprint density at radius 1 is 1.17 bits per heavy atom. The second kappa shape index (κ2) is 8.28. The van der Waals surface area contributed by atoms with Crippen LogP contribution in [0.5, 0.6) is 0 Å². The lowest BCUT2D eigenvalue weighted by Crippen LogP contribution is -2.44. The summed E-state index contributed by atoms with van der Waals surface area (Å²) >= 11 is 5.87. The molecule has 0 spiro atoms. The van der Waals surface area contributed by atoms with E-state index < -0.39 is 0 Å². The number of aryl methyl sites for hydroxylation is 2. The van der Waals surface area contributed by atoms with E-state index in [1.165, 1.54) is 5.56 Å². The number of anilines is 1. The first-order chi connectivity index (χ1) is 14.5. The van der Waals surface area contributed by atoms with Crippen LogP contribution in [-0.2, 0) is 13.0 Å². The first-order valence-corrected chi connectivity index (χ1v) is 10.5. The fourth-order valence-electron chi connectivity index (χ4n) is 4.11. The van der Waals surface area contributed by atoms with Crippen LogP contribution in [0.25, 0.3) is 0 Å². The lowest BCUT2D eigenvalue weighted by molar-refractivity contribution is -0.384. The maximum Gasteiger partial charge on any atom is 0.269 e. The third kappa shape index (κ3) is 3.68. The van der Waals surface area contributed by atoms with Gasteiger partial charge in [-0.3, -0.25) is 10.1 Å². The highest BCUT2D eigenvalue weighted by Gasteiger charge is 2.31. The van der Waals surface area contributed by atoms with Crippen LogP contribution in [0.4, 0.5) is 11.4 Å². The van der Waals surface area contributed by atoms with Gasteiger partial charge in [-0.15, -0.1) is 0 Å².